The van der Waals surface area contributed by atoms with Crippen molar-refractivity contribution in [1.29, 1.82) is 5.26 Å². The van der Waals surface area contributed by atoms with Gasteiger partial charge in [0.15, 0.2) is 0 Å². The number of benzene rings is 1. The van der Waals surface area contributed by atoms with Crippen molar-refractivity contribution in [1.82, 2.24) is 9.78 Å². The molecule has 2 aromatic rings. The molecule has 6 rings (SSSR count). The summed E-state index contributed by atoms with van der Waals surface area (Å²) < 4.78 is 1.61. The van der Waals surface area contributed by atoms with Gasteiger partial charge in [0.05, 0.1) is 23.4 Å². The summed E-state index contributed by atoms with van der Waals surface area (Å²) in [4.78, 5) is 24.5. The fraction of sp³-hybridized carbons (Fsp3) is 0.333. The second-order valence-corrected chi connectivity index (χ2v) is 6.86. The number of aromatic nitrogens is 2. The number of carbonyl (C=O) groups excluding carboxylic acids is 2. The van der Waals surface area contributed by atoms with E-state index in [0.29, 0.717) is 28.9 Å². The maximum absolute atomic E-state index is 12.5. The smallest absolute Gasteiger partial charge is 0.228 e. The zero-order valence-corrected chi connectivity index (χ0v) is 12.7. The number of anilines is 1. The average Bonchev–Trinajstić information content (AvgIpc) is 3.03. The molecule has 24 heavy (non-hydrogen) atoms. The molecule has 1 aromatic carbocycles. The Hall–Kier alpha value is -2.94. The van der Waals surface area contributed by atoms with E-state index >= 15 is 0 Å². The molecule has 1 heterocycles. The monoisotopic (exact) mass is 318 g/mol. The number of nitriles is 1. The quantitative estimate of drug-likeness (QED) is 0.934. The molecular weight excluding hydrogens is 304 g/mol. The number of ketones is 1. The highest BCUT2D eigenvalue weighted by molar-refractivity contribution is 6.03. The zero-order chi connectivity index (χ0) is 16.4. The maximum Gasteiger partial charge on any atom is 0.228 e. The van der Waals surface area contributed by atoms with Gasteiger partial charge in [0.25, 0.3) is 0 Å². The van der Waals surface area contributed by atoms with Gasteiger partial charge in [-0.1, -0.05) is 0 Å². The van der Waals surface area contributed by atoms with E-state index in [1.165, 1.54) is 6.20 Å². The summed E-state index contributed by atoms with van der Waals surface area (Å²) in [7, 11) is 0. The number of nitrogens with one attached hydrogen (secondary N) is 1. The van der Waals surface area contributed by atoms with Gasteiger partial charge in [0.1, 0.15) is 11.9 Å². The first-order valence-corrected chi connectivity index (χ1v) is 8.07. The number of amides is 1. The molecule has 1 amide bonds. The average molecular weight is 318 g/mol. The minimum Gasteiger partial charge on any atom is -0.326 e. The highest BCUT2D eigenvalue weighted by Gasteiger charge is 2.75. The van der Waals surface area contributed by atoms with Crippen LogP contribution in [0.25, 0.3) is 5.69 Å². The number of carbonyl (C=O) groups is 2. The fourth-order valence-corrected chi connectivity index (χ4v) is 4.65. The number of hydrogen-bond acceptors (Lipinski definition) is 4. The van der Waals surface area contributed by atoms with Gasteiger partial charge < -0.3 is 5.32 Å². The fourth-order valence-electron chi connectivity index (χ4n) is 4.65. The molecule has 5 unspecified atom stereocenters. The standard InChI is InChI=1S/C18H14N4O2/c19-6-9-7-20-22(8-9)11-3-1-10(2-4-11)21-18(24)16-13-5-12-14(16)15(12)17(13)23/h1-4,7-8,12-16H,5H2,(H,21,24). The van der Waals surface area contributed by atoms with Crippen LogP contribution in [0.2, 0.25) is 0 Å². The Bertz CT molecular complexity index is 908. The molecule has 4 aliphatic rings. The van der Waals surface area contributed by atoms with Crippen molar-refractivity contribution in [3.05, 3.63) is 42.2 Å². The van der Waals surface area contributed by atoms with Gasteiger partial charge in [-0.05, 0) is 42.5 Å². The van der Waals surface area contributed by atoms with Crippen LogP contribution in [0.5, 0.6) is 0 Å². The van der Waals surface area contributed by atoms with Crippen molar-refractivity contribution in [2.24, 2.45) is 29.6 Å². The lowest BCUT2D eigenvalue weighted by molar-refractivity contribution is -0.126. The summed E-state index contributed by atoms with van der Waals surface area (Å²) in [5.41, 5.74) is 2.02. The molecule has 4 aliphatic carbocycles. The highest BCUT2D eigenvalue weighted by Crippen LogP contribution is 2.71. The van der Waals surface area contributed by atoms with E-state index in [2.05, 4.69) is 10.4 Å². The zero-order valence-electron chi connectivity index (χ0n) is 12.7. The minimum absolute atomic E-state index is 0.0283. The number of nitrogens with zero attached hydrogens (tertiary/aromatic N) is 3. The van der Waals surface area contributed by atoms with E-state index in [1.807, 2.05) is 30.3 Å². The van der Waals surface area contributed by atoms with Crippen LogP contribution in [0.3, 0.4) is 0 Å². The topological polar surface area (TPSA) is 87.8 Å². The molecule has 4 saturated carbocycles. The van der Waals surface area contributed by atoms with Gasteiger partial charge in [0.2, 0.25) is 5.91 Å². The second kappa shape index (κ2) is 4.54. The SMILES string of the molecule is N#Cc1cnn(-c2ccc(NC(=O)C3C4CC5C(C4=O)C53)cc2)c1. The molecule has 0 radical (unpaired) electrons. The molecule has 4 fully saturated rings. The third kappa shape index (κ3) is 1.72. The Labute approximate surface area is 138 Å². The van der Waals surface area contributed by atoms with E-state index < -0.39 is 0 Å². The Morgan fingerprint density at radius 2 is 2.12 bits per heavy atom. The van der Waals surface area contributed by atoms with Crippen molar-refractivity contribution in [2.75, 3.05) is 5.32 Å². The van der Waals surface area contributed by atoms with Gasteiger partial charge >= 0.3 is 0 Å². The van der Waals surface area contributed by atoms with E-state index in [0.717, 1.165) is 12.1 Å². The van der Waals surface area contributed by atoms with Gasteiger partial charge in [-0.25, -0.2) is 4.68 Å². The molecule has 1 aromatic heterocycles. The molecular formula is C18H14N4O2. The first-order chi connectivity index (χ1) is 11.7. The summed E-state index contributed by atoms with van der Waals surface area (Å²) in [6.07, 6.45) is 4.06. The lowest BCUT2D eigenvalue weighted by Crippen LogP contribution is -2.27. The van der Waals surface area contributed by atoms with E-state index in [1.54, 1.807) is 10.9 Å². The first-order valence-electron chi connectivity index (χ1n) is 8.07. The molecule has 118 valence electrons. The summed E-state index contributed by atoms with van der Waals surface area (Å²) in [5, 5.41) is 15.9. The summed E-state index contributed by atoms with van der Waals surface area (Å²) in [6, 6.07) is 9.34. The molecule has 6 heteroatoms. The largest absolute Gasteiger partial charge is 0.326 e. The van der Waals surface area contributed by atoms with Crippen LogP contribution in [-0.4, -0.2) is 21.5 Å². The third-order valence-corrected chi connectivity index (χ3v) is 5.71. The van der Waals surface area contributed by atoms with Crippen LogP contribution < -0.4 is 5.32 Å². The summed E-state index contributed by atoms with van der Waals surface area (Å²) in [6.45, 7) is 0. The predicted molar refractivity (Wildman–Crippen MR) is 84.0 cm³/mol. The van der Waals surface area contributed by atoms with Gasteiger partial charge in [-0.15, -0.1) is 0 Å². The van der Waals surface area contributed by atoms with Crippen molar-refractivity contribution in [3.8, 4) is 11.8 Å². The van der Waals surface area contributed by atoms with E-state index in [9.17, 15) is 9.59 Å². The molecule has 0 spiro atoms. The summed E-state index contributed by atoms with van der Waals surface area (Å²) >= 11 is 0. The van der Waals surface area contributed by atoms with Gasteiger partial charge in [-0.3, -0.25) is 9.59 Å². The van der Waals surface area contributed by atoms with Crippen LogP contribution >= 0.6 is 0 Å². The lowest BCUT2D eigenvalue weighted by atomic mass is 9.96. The third-order valence-electron chi connectivity index (χ3n) is 5.71. The number of Topliss-reactive ketones (excluding diaryl/α,β-unsaturated/α-hetero) is 1. The molecule has 5 atom stereocenters. The van der Waals surface area contributed by atoms with Gasteiger partial charge in [0, 0.05) is 23.7 Å². The predicted octanol–water partition coefficient (Wildman–Crippen LogP) is 1.76. The number of rotatable bonds is 3. The minimum atomic E-state index is -0.128. The summed E-state index contributed by atoms with van der Waals surface area (Å²) in [5.74, 6) is 1.08. The Balaban J connectivity index is 1.31. The van der Waals surface area contributed by atoms with Crippen molar-refractivity contribution in [3.63, 3.8) is 0 Å². The normalized spacial score (nSPS) is 31.8. The molecule has 0 aliphatic heterocycles. The highest BCUT2D eigenvalue weighted by atomic mass is 16.2. The van der Waals surface area contributed by atoms with Crippen molar-refractivity contribution < 1.29 is 9.59 Å². The van der Waals surface area contributed by atoms with Crippen molar-refractivity contribution in [2.45, 2.75) is 6.42 Å². The van der Waals surface area contributed by atoms with Gasteiger partial charge in [-0.2, -0.15) is 10.4 Å². The second-order valence-electron chi connectivity index (χ2n) is 6.86. The molecule has 0 saturated heterocycles. The van der Waals surface area contributed by atoms with Crippen molar-refractivity contribution >= 4 is 17.4 Å². The maximum atomic E-state index is 12.5. The Morgan fingerprint density at radius 1 is 1.33 bits per heavy atom. The Morgan fingerprint density at radius 3 is 2.67 bits per heavy atom. The van der Waals surface area contributed by atoms with E-state index in [-0.39, 0.29) is 23.7 Å². The Kier molecular flexibility index (Phi) is 2.55. The lowest BCUT2D eigenvalue weighted by Gasteiger charge is -2.14. The van der Waals surface area contributed by atoms with Crippen LogP contribution in [0, 0.1) is 40.9 Å². The van der Waals surface area contributed by atoms with E-state index in [4.69, 9.17) is 5.26 Å². The molecule has 6 nitrogen and oxygen atoms in total. The number of hydrogen-bond donors (Lipinski definition) is 1. The van der Waals surface area contributed by atoms with Crippen LogP contribution in [0.4, 0.5) is 5.69 Å². The first kappa shape index (κ1) is 13.5. The van der Waals surface area contributed by atoms with Crippen LogP contribution in [-0.2, 0) is 9.59 Å². The van der Waals surface area contributed by atoms with Crippen LogP contribution in [0.1, 0.15) is 12.0 Å². The molecule has 1 N–H and O–H groups in total. The molecule has 4 bridgehead atoms. The van der Waals surface area contributed by atoms with Crippen LogP contribution in [0.15, 0.2) is 36.7 Å².